The number of nitrogens with zero attached hydrogens (tertiary/aromatic N) is 2. The minimum atomic E-state index is 0.0816. The minimum absolute atomic E-state index is 0.0816. The van der Waals surface area contributed by atoms with Crippen molar-refractivity contribution in [2.75, 3.05) is 0 Å². The van der Waals surface area contributed by atoms with Crippen molar-refractivity contribution < 1.29 is 4.42 Å². The highest BCUT2D eigenvalue weighted by atomic mass is 16.3. The van der Waals surface area contributed by atoms with Crippen molar-refractivity contribution in [1.29, 1.82) is 0 Å². The van der Waals surface area contributed by atoms with Crippen molar-refractivity contribution in [2.24, 2.45) is 0 Å². The van der Waals surface area contributed by atoms with Gasteiger partial charge in [0, 0.05) is 12.1 Å². The molecule has 2 aliphatic carbocycles. The van der Waals surface area contributed by atoms with Crippen LogP contribution in [0.15, 0.2) is 27.4 Å². The number of rotatable bonds is 4. The second kappa shape index (κ2) is 6.55. The number of hydrogen-bond donors (Lipinski definition) is 1. The molecular formula is C19H25N3O2. The Morgan fingerprint density at radius 2 is 2.08 bits per heavy atom. The lowest BCUT2D eigenvalue weighted by molar-refractivity contribution is 0.263. The molecule has 0 spiro atoms. The lowest BCUT2D eigenvalue weighted by Crippen LogP contribution is -2.36. The van der Waals surface area contributed by atoms with Crippen LogP contribution in [0.5, 0.6) is 0 Å². The number of hydrogen-bond acceptors (Lipinski definition) is 4. The molecule has 0 saturated heterocycles. The van der Waals surface area contributed by atoms with Gasteiger partial charge in [-0.1, -0.05) is 0 Å². The van der Waals surface area contributed by atoms with E-state index in [2.05, 4.69) is 10.4 Å². The molecular weight excluding hydrogens is 302 g/mol. The highest BCUT2D eigenvalue weighted by Gasteiger charge is 2.25. The summed E-state index contributed by atoms with van der Waals surface area (Å²) >= 11 is 0. The predicted octanol–water partition coefficient (Wildman–Crippen LogP) is 2.91. The van der Waals surface area contributed by atoms with Gasteiger partial charge in [0.05, 0.1) is 18.3 Å². The Balaban J connectivity index is 1.35. The Morgan fingerprint density at radius 3 is 2.83 bits per heavy atom. The van der Waals surface area contributed by atoms with Gasteiger partial charge in [0.2, 0.25) is 0 Å². The second-order valence-corrected chi connectivity index (χ2v) is 7.15. The first-order valence-corrected chi connectivity index (χ1v) is 9.09. The molecule has 2 heterocycles. The van der Waals surface area contributed by atoms with Crippen molar-refractivity contribution in [1.82, 2.24) is 15.1 Å². The molecule has 0 amide bonds. The maximum atomic E-state index is 12.3. The third-order valence-electron chi connectivity index (χ3n) is 5.39. The van der Waals surface area contributed by atoms with Crippen LogP contribution in [0.3, 0.4) is 0 Å². The smallest absolute Gasteiger partial charge is 0.267 e. The van der Waals surface area contributed by atoms with Gasteiger partial charge >= 0.3 is 0 Å². The molecule has 0 aliphatic heterocycles. The van der Waals surface area contributed by atoms with Crippen molar-refractivity contribution in [3.8, 4) is 0 Å². The van der Waals surface area contributed by atoms with Crippen LogP contribution in [-0.4, -0.2) is 15.8 Å². The van der Waals surface area contributed by atoms with Crippen LogP contribution >= 0.6 is 0 Å². The number of furan rings is 1. The summed E-state index contributed by atoms with van der Waals surface area (Å²) in [6.45, 7) is 2.75. The normalized spacial score (nSPS) is 23.4. The maximum Gasteiger partial charge on any atom is 0.267 e. The molecule has 1 N–H and O–H groups in total. The molecule has 0 unspecified atom stereocenters. The molecule has 4 rings (SSSR count). The van der Waals surface area contributed by atoms with E-state index in [1.807, 2.05) is 25.1 Å². The maximum absolute atomic E-state index is 12.3. The van der Waals surface area contributed by atoms with Gasteiger partial charge in [-0.3, -0.25) is 4.79 Å². The van der Waals surface area contributed by atoms with Crippen molar-refractivity contribution in [3.63, 3.8) is 0 Å². The lowest BCUT2D eigenvalue weighted by atomic mass is 9.91. The largest absolute Gasteiger partial charge is 0.465 e. The Kier molecular flexibility index (Phi) is 4.27. The SMILES string of the molecule is Cc1ccc(CNC2CCC(n3nc4c(cc3=O)CCC4)CC2)o1. The van der Waals surface area contributed by atoms with Gasteiger partial charge in [-0.05, 0) is 69.6 Å². The van der Waals surface area contributed by atoms with E-state index in [9.17, 15) is 4.79 Å². The zero-order valence-corrected chi connectivity index (χ0v) is 14.3. The van der Waals surface area contributed by atoms with Gasteiger partial charge in [-0.15, -0.1) is 0 Å². The van der Waals surface area contributed by atoms with Crippen molar-refractivity contribution in [2.45, 2.75) is 70.5 Å². The van der Waals surface area contributed by atoms with Crippen molar-refractivity contribution in [3.05, 3.63) is 51.3 Å². The summed E-state index contributed by atoms with van der Waals surface area (Å²) in [7, 11) is 0. The molecule has 0 bridgehead atoms. The molecule has 0 radical (unpaired) electrons. The van der Waals surface area contributed by atoms with Gasteiger partial charge in [0.25, 0.3) is 5.56 Å². The number of aromatic nitrogens is 2. The molecule has 5 nitrogen and oxygen atoms in total. The lowest BCUT2D eigenvalue weighted by Gasteiger charge is -2.29. The first-order chi connectivity index (χ1) is 11.7. The van der Waals surface area contributed by atoms with Crippen LogP contribution < -0.4 is 10.9 Å². The van der Waals surface area contributed by atoms with E-state index < -0.39 is 0 Å². The molecule has 2 aliphatic rings. The summed E-state index contributed by atoms with van der Waals surface area (Å²) in [5.41, 5.74) is 2.39. The molecule has 0 aromatic carbocycles. The molecule has 24 heavy (non-hydrogen) atoms. The molecule has 0 atom stereocenters. The monoisotopic (exact) mass is 327 g/mol. The Morgan fingerprint density at radius 1 is 1.25 bits per heavy atom. The zero-order chi connectivity index (χ0) is 16.5. The summed E-state index contributed by atoms with van der Waals surface area (Å²) < 4.78 is 7.37. The summed E-state index contributed by atoms with van der Waals surface area (Å²) in [5.74, 6) is 1.95. The van der Waals surface area contributed by atoms with Crippen LogP contribution in [-0.2, 0) is 19.4 Å². The topological polar surface area (TPSA) is 60.1 Å². The molecule has 1 saturated carbocycles. The first kappa shape index (κ1) is 15.6. The molecule has 2 aromatic rings. The fourth-order valence-electron chi connectivity index (χ4n) is 4.03. The quantitative estimate of drug-likeness (QED) is 0.938. The summed E-state index contributed by atoms with van der Waals surface area (Å²) in [6, 6.07) is 6.60. The van der Waals surface area contributed by atoms with Gasteiger partial charge in [0.15, 0.2) is 0 Å². The van der Waals surface area contributed by atoms with E-state index in [0.717, 1.165) is 68.7 Å². The highest BCUT2D eigenvalue weighted by Crippen LogP contribution is 2.28. The van der Waals surface area contributed by atoms with E-state index in [4.69, 9.17) is 4.42 Å². The van der Waals surface area contributed by atoms with E-state index in [0.29, 0.717) is 6.04 Å². The van der Waals surface area contributed by atoms with E-state index in [1.54, 1.807) is 4.68 Å². The van der Waals surface area contributed by atoms with E-state index >= 15 is 0 Å². The fourth-order valence-corrected chi connectivity index (χ4v) is 4.03. The third-order valence-corrected chi connectivity index (χ3v) is 5.39. The predicted molar refractivity (Wildman–Crippen MR) is 92.1 cm³/mol. The highest BCUT2D eigenvalue weighted by molar-refractivity contribution is 5.22. The van der Waals surface area contributed by atoms with Crippen molar-refractivity contribution >= 4 is 0 Å². The summed E-state index contributed by atoms with van der Waals surface area (Å²) in [5, 5.41) is 8.24. The van der Waals surface area contributed by atoms with Crippen LogP contribution in [0.25, 0.3) is 0 Å². The summed E-state index contributed by atoms with van der Waals surface area (Å²) in [6.07, 6.45) is 7.36. The molecule has 128 valence electrons. The Hall–Kier alpha value is -1.88. The van der Waals surface area contributed by atoms with Crippen LogP contribution in [0, 0.1) is 6.92 Å². The summed E-state index contributed by atoms with van der Waals surface area (Å²) in [4.78, 5) is 12.3. The van der Waals surface area contributed by atoms with Crippen LogP contribution in [0.4, 0.5) is 0 Å². The second-order valence-electron chi connectivity index (χ2n) is 7.15. The average Bonchev–Trinajstić information content (AvgIpc) is 3.21. The van der Waals surface area contributed by atoms with Gasteiger partial charge in [0.1, 0.15) is 11.5 Å². The van der Waals surface area contributed by atoms with Gasteiger partial charge in [-0.2, -0.15) is 5.10 Å². The fraction of sp³-hybridized carbons (Fsp3) is 0.579. The van der Waals surface area contributed by atoms with Gasteiger partial charge < -0.3 is 9.73 Å². The number of nitrogens with one attached hydrogen (secondary N) is 1. The standard InChI is InChI=1S/C19H25N3O2/c1-13-5-10-17(24-13)12-20-15-6-8-16(9-7-15)22-19(23)11-14-3-2-4-18(14)21-22/h5,10-11,15-16,20H,2-4,6-9,12H2,1H3. The van der Waals surface area contributed by atoms with Crippen LogP contribution in [0.2, 0.25) is 0 Å². The Bertz CT molecular complexity index is 769. The minimum Gasteiger partial charge on any atom is -0.465 e. The molecule has 5 heteroatoms. The third kappa shape index (κ3) is 3.18. The first-order valence-electron chi connectivity index (χ1n) is 9.09. The molecule has 2 aromatic heterocycles. The average molecular weight is 327 g/mol. The number of fused-ring (bicyclic) bond motifs is 1. The molecule has 1 fully saturated rings. The van der Waals surface area contributed by atoms with Gasteiger partial charge in [-0.25, -0.2) is 4.68 Å². The number of aryl methyl sites for hydroxylation is 3. The van der Waals surface area contributed by atoms with E-state index in [1.165, 1.54) is 5.56 Å². The van der Waals surface area contributed by atoms with E-state index in [-0.39, 0.29) is 11.6 Å². The zero-order valence-electron chi connectivity index (χ0n) is 14.3. The van der Waals surface area contributed by atoms with Crippen LogP contribution in [0.1, 0.15) is 60.9 Å². The Labute approximate surface area is 142 Å².